The van der Waals surface area contributed by atoms with E-state index in [9.17, 15) is 4.79 Å². The molecule has 0 N–H and O–H groups in total. The number of carbonyl (C=O) groups excluding carboxylic acids is 1. The number of aliphatic imine (C=N–C) groups is 1. The first kappa shape index (κ1) is 19.3. The van der Waals surface area contributed by atoms with Gasteiger partial charge in [-0.05, 0) is 35.9 Å². The first-order chi connectivity index (χ1) is 13.6. The van der Waals surface area contributed by atoms with Crippen LogP contribution < -0.4 is 14.2 Å². The second kappa shape index (κ2) is 8.51. The summed E-state index contributed by atoms with van der Waals surface area (Å²) in [5.41, 5.74) is 1.29. The van der Waals surface area contributed by atoms with Gasteiger partial charge in [-0.2, -0.15) is 0 Å². The van der Waals surface area contributed by atoms with E-state index >= 15 is 0 Å². The Morgan fingerprint density at radius 1 is 1.21 bits per heavy atom. The Morgan fingerprint density at radius 2 is 1.96 bits per heavy atom. The van der Waals surface area contributed by atoms with Crippen LogP contribution in [-0.4, -0.2) is 32.7 Å². The maximum Gasteiger partial charge on any atom is 0.363 e. The Kier molecular flexibility index (Phi) is 5.87. The molecule has 6 nitrogen and oxygen atoms in total. The number of terminal acetylenes is 1. The van der Waals surface area contributed by atoms with E-state index in [1.807, 2.05) is 6.07 Å². The molecular formula is C21H16ClNO5. The van der Waals surface area contributed by atoms with Crippen molar-refractivity contribution in [1.29, 1.82) is 0 Å². The molecule has 1 aliphatic heterocycles. The summed E-state index contributed by atoms with van der Waals surface area (Å²) >= 11 is 6.26. The van der Waals surface area contributed by atoms with E-state index in [-0.39, 0.29) is 18.2 Å². The zero-order valence-corrected chi connectivity index (χ0v) is 15.9. The quantitative estimate of drug-likeness (QED) is 0.422. The number of esters is 1. The lowest BCUT2D eigenvalue weighted by molar-refractivity contribution is -0.129. The van der Waals surface area contributed by atoms with Gasteiger partial charge in [-0.1, -0.05) is 29.7 Å². The predicted molar refractivity (Wildman–Crippen MR) is 106 cm³/mol. The number of benzene rings is 2. The minimum atomic E-state index is -0.580. The van der Waals surface area contributed by atoms with E-state index in [4.69, 9.17) is 37.0 Å². The van der Waals surface area contributed by atoms with Crippen molar-refractivity contribution in [3.8, 4) is 29.6 Å². The molecule has 0 amide bonds. The van der Waals surface area contributed by atoms with Gasteiger partial charge in [0, 0.05) is 0 Å². The number of para-hydroxylation sites is 1. The van der Waals surface area contributed by atoms with Gasteiger partial charge in [-0.15, -0.1) is 6.42 Å². The molecule has 0 aliphatic carbocycles. The number of carbonyl (C=O) groups is 1. The van der Waals surface area contributed by atoms with Gasteiger partial charge in [0.25, 0.3) is 0 Å². The molecule has 1 heterocycles. The summed E-state index contributed by atoms with van der Waals surface area (Å²) in [5.74, 6) is 3.22. The zero-order chi connectivity index (χ0) is 20.1. The summed E-state index contributed by atoms with van der Waals surface area (Å²) in [6, 6.07) is 10.4. The average Bonchev–Trinajstić information content (AvgIpc) is 3.06. The van der Waals surface area contributed by atoms with Crippen molar-refractivity contribution >= 4 is 29.5 Å². The van der Waals surface area contributed by atoms with Crippen LogP contribution in [0.25, 0.3) is 6.08 Å². The van der Waals surface area contributed by atoms with E-state index in [2.05, 4.69) is 10.9 Å². The fraction of sp³-hybridized carbons (Fsp3) is 0.143. The molecule has 2 aromatic carbocycles. The standard InChI is InChI=1S/C21H16ClNO5/c1-4-9-27-19-15(22)10-13(12-18(19)26-3)11-16-21(24)28-20(23-16)14-7-5-6-8-17(14)25-2/h1,5-8,10-12H,9H2,2-3H3/b16-11-. The summed E-state index contributed by atoms with van der Waals surface area (Å²) in [6.45, 7) is 0.0510. The van der Waals surface area contributed by atoms with Gasteiger partial charge in [-0.3, -0.25) is 0 Å². The molecule has 0 atom stereocenters. The van der Waals surface area contributed by atoms with Gasteiger partial charge in [0.05, 0.1) is 24.8 Å². The molecule has 0 spiro atoms. The summed E-state index contributed by atoms with van der Waals surface area (Å²) < 4.78 is 21.3. The van der Waals surface area contributed by atoms with E-state index in [0.29, 0.717) is 33.4 Å². The van der Waals surface area contributed by atoms with Crippen LogP contribution in [0.5, 0.6) is 17.2 Å². The monoisotopic (exact) mass is 397 g/mol. The molecule has 7 heteroatoms. The van der Waals surface area contributed by atoms with Crippen molar-refractivity contribution in [1.82, 2.24) is 0 Å². The molecule has 0 bridgehead atoms. The number of ether oxygens (including phenoxy) is 4. The van der Waals surface area contributed by atoms with Crippen LogP contribution in [0.4, 0.5) is 0 Å². The molecule has 1 aliphatic rings. The molecule has 0 fully saturated rings. The maximum absolute atomic E-state index is 12.3. The number of methoxy groups -OCH3 is 2. The van der Waals surface area contributed by atoms with Crippen LogP contribution in [0.15, 0.2) is 47.1 Å². The molecule has 0 unspecified atom stereocenters. The van der Waals surface area contributed by atoms with Crippen LogP contribution in [0.3, 0.4) is 0 Å². The van der Waals surface area contributed by atoms with E-state index in [1.54, 1.807) is 36.4 Å². The lowest BCUT2D eigenvalue weighted by atomic mass is 10.1. The second-order valence-corrected chi connectivity index (χ2v) is 5.97. The normalized spacial score (nSPS) is 14.3. The number of nitrogens with zero attached hydrogens (tertiary/aromatic N) is 1. The third-order valence-corrected chi connectivity index (χ3v) is 4.09. The molecule has 3 rings (SSSR count). The SMILES string of the molecule is C#CCOc1c(Cl)cc(/C=C2\N=C(c3ccccc3OC)OC2=O)cc1OC. The molecule has 2 aromatic rings. The van der Waals surface area contributed by atoms with Crippen molar-refractivity contribution in [2.24, 2.45) is 4.99 Å². The summed E-state index contributed by atoms with van der Waals surface area (Å²) in [6.07, 6.45) is 6.76. The molecule has 0 saturated heterocycles. The minimum Gasteiger partial charge on any atom is -0.496 e. The molecule has 28 heavy (non-hydrogen) atoms. The number of hydrogen-bond donors (Lipinski definition) is 0. The van der Waals surface area contributed by atoms with Crippen molar-refractivity contribution in [2.45, 2.75) is 0 Å². The van der Waals surface area contributed by atoms with E-state index in [0.717, 1.165) is 0 Å². The van der Waals surface area contributed by atoms with Gasteiger partial charge in [0.2, 0.25) is 5.90 Å². The van der Waals surface area contributed by atoms with Gasteiger partial charge < -0.3 is 18.9 Å². The van der Waals surface area contributed by atoms with Crippen LogP contribution in [0.1, 0.15) is 11.1 Å². The Balaban J connectivity index is 1.97. The van der Waals surface area contributed by atoms with Gasteiger partial charge in [0.15, 0.2) is 17.2 Å². The molecule has 142 valence electrons. The average molecular weight is 398 g/mol. The molecular weight excluding hydrogens is 382 g/mol. The molecule has 0 radical (unpaired) electrons. The van der Waals surface area contributed by atoms with Crippen molar-refractivity contribution < 1.29 is 23.7 Å². The van der Waals surface area contributed by atoms with Crippen LogP contribution in [0.2, 0.25) is 5.02 Å². The number of halogens is 1. The van der Waals surface area contributed by atoms with Crippen LogP contribution in [-0.2, 0) is 9.53 Å². The van der Waals surface area contributed by atoms with E-state index < -0.39 is 5.97 Å². The first-order valence-electron chi connectivity index (χ1n) is 8.17. The highest BCUT2D eigenvalue weighted by Crippen LogP contribution is 2.37. The summed E-state index contributed by atoms with van der Waals surface area (Å²) in [7, 11) is 3.01. The second-order valence-electron chi connectivity index (χ2n) is 5.56. The first-order valence-corrected chi connectivity index (χ1v) is 8.55. The third-order valence-electron chi connectivity index (χ3n) is 3.81. The van der Waals surface area contributed by atoms with Crippen molar-refractivity contribution in [3.63, 3.8) is 0 Å². The van der Waals surface area contributed by atoms with Gasteiger partial charge in [-0.25, -0.2) is 9.79 Å². The predicted octanol–water partition coefficient (Wildman–Crippen LogP) is 3.71. The minimum absolute atomic E-state index is 0.0510. The Bertz CT molecular complexity index is 1020. The topological polar surface area (TPSA) is 66.3 Å². The fourth-order valence-electron chi connectivity index (χ4n) is 2.58. The van der Waals surface area contributed by atoms with Crippen molar-refractivity contribution in [2.75, 3.05) is 20.8 Å². The van der Waals surface area contributed by atoms with Gasteiger partial charge in [0.1, 0.15) is 12.4 Å². The number of hydrogen-bond acceptors (Lipinski definition) is 6. The zero-order valence-electron chi connectivity index (χ0n) is 15.2. The lowest BCUT2D eigenvalue weighted by Crippen LogP contribution is -2.06. The Labute approximate surface area is 167 Å². The highest BCUT2D eigenvalue weighted by Gasteiger charge is 2.26. The molecule has 0 aromatic heterocycles. The van der Waals surface area contributed by atoms with Crippen LogP contribution in [0, 0.1) is 12.3 Å². The van der Waals surface area contributed by atoms with Gasteiger partial charge >= 0.3 is 5.97 Å². The lowest BCUT2D eigenvalue weighted by Gasteiger charge is -2.11. The largest absolute Gasteiger partial charge is 0.496 e. The van der Waals surface area contributed by atoms with E-state index in [1.165, 1.54) is 14.2 Å². The third kappa shape index (κ3) is 3.95. The summed E-state index contributed by atoms with van der Waals surface area (Å²) in [4.78, 5) is 16.5. The number of rotatable bonds is 6. The van der Waals surface area contributed by atoms with Crippen LogP contribution >= 0.6 is 11.6 Å². The number of cyclic esters (lactones) is 1. The fourth-order valence-corrected chi connectivity index (χ4v) is 2.85. The Hall–Kier alpha value is -3.43. The summed E-state index contributed by atoms with van der Waals surface area (Å²) in [5, 5.41) is 0.293. The smallest absolute Gasteiger partial charge is 0.363 e. The highest BCUT2D eigenvalue weighted by atomic mass is 35.5. The highest BCUT2D eigenvalue weighted by molar-refractivity contribution is 6.32. The molecule has 0 saturated carbocycles. The maximum atomic E-state index is 12.3. The Morgan fingerprint density at radius 3 is 2.68 bits per heavy atom. The van der Waals surface area contributed by atoms with Crippen molar-refractivity contribution in [3.05, 3.63) is 58.2 Å².